The Balaban J connectivity index is 2.28. The zero-order valence-corrected chi connectivity index (χ0v) is 11.4. The molecule has 0 spiro atoms. The maximum atomic E-state index is 12.1. The highest BCUT2D eigenvalue weighted by Gasteiger charge is 2.17. The van der Waals surface area contributed by atoms with E-state index in [0.717, 1.165) is 20.9 Å². The number of aromatic nitrogens is 3. The van der Waals surface area contributed by atoms with E-state index in [9.17, 15) is 4.79 Å². The monoisotopic (exact) mass is 284 g/mol. The van der Waals surface area contributed by atoms with Gasteiger partial charge in [-0.15, -0.1) is 4.98 Å². The highest BCUT2D eigenvalue weighted by atomic mass is 32.1. The van der Waals surface area contributed by atoms with Gasteiger partial charge in [-0.2, -0.15) is 4.40 Å². The summed E-state index contributed by atoms with van der Waals surface area (Å²) in [6.45, 7) is 0. The Kier molecular flexibility index (Phi) is 2.28. The molecule has 0 saturated carbocycles. The average Bonchev–Trinajstić information content (AvgIpc) is 2.84. The first kappa shape index (κ1) is 11.4. The second-order valence-electron chi connectivity index (χ2n) is 4.40. The van der Waals surface area contributed by atoms with Crippen molar-refractivity contribution in [2.45, 2.75) is 0 Å². The van der Waals surface area contributed by atoms with Gasteiger partial charge in [0.2, 0.25) is 0 Å². The van der Waals surface area contributed by atoms with Gasteiger partial charge in [-0.25, -0.2) is 4.98 Å². The van der Waals surface area contributed by atoms with Crippen molar-refractivity contribution in [2.75, 3.05) is 7.11 Å². The molecule has 0 fully saturated rings. The number of hydrogen-bond donors (Lipinski definition) is 1. The lowest BCUT2D eigenvalue weighted by Crippen LogP contribution is -2.27. The van der Waals surface area contributed by atoms with Gasteiger partial charge in [0, 0.05) is 6.07 Å². The highest BCUT2D eigenvalue weighted by Crippen LogP contribution is 2.25. The molecule has 4 aromatic rings. The lowest BCUT2D eigenvalue weighted by atomic mass is 10.3. The fourth-order valence-corrected chi connectivity index (χ4v) is 3.42. The van der Waals surface area contributed by atoms with Gasteiger partial charge >= 0.3 is 5.56 Å². The van der Waals surface area contributed by atoms with Gasteiger partial charge in [0.25, 0.3) is 10.6 Å². The molecule has 0 aliphatic carbocycles. The fraction of sp³-hybridized carbons (Fsp3) is 0.0714. The Morgan fingerprint density at radius 1 is 1.35 bits per heavy atom. The summed E-state index contributed by atoms with van der Waals surface area (Å²) in [4.78, 5) is 20.1. The minimum absolute atomic E-state index is 0.119. The number of nitrogens with zero attached hydrogens (tertiary/aromatic N) is 2. The van der Waals surface area contributed by atoms with Crippen LogP contribution in [0.3, 0.4) is 0 Å². The van der Waals surface area contributed by atoms with Gasteiger partial charge in [-0.05, 0) is 24.3 Å². The number of hydrogen-bond acceptors (Lipinski definition) is 4. The first-order chi connectivity index (χ1) is 9.78. The summed E-state index contributed by atoms with van der Waals surface area (Å²) in [7, 11) is 1.64. The van der Waals surface area contributed by atoms with Crippen LogP contribution in [-0.2, 0) is 0 Å². The van der Waals surface area contributed by atoms with Crippen molar-refractivity contribution in [3.05, 3.63) is 46.9 Å². The second-order valence-corrected chi connectivity index (χ2v) is 5.44. The molecule has 1 N–H and O–H groups in total. The summed E-state index contributed by atoms with van der Waals surface area (Å²) >= 11 is 1.51. The van der Waals surface area contributed by atoms with Crippen LogP contribution < -0.4 is 14.7 Å². The van der Waals surface area contributed by atoms with Crippen LogP contribution in [0.4, 0.5) is 0 Å². The molecule has 3 heterocycles. The summed E-state index contributed by atoms with van der Waals surface area (Å²) in [5.41, 5.74) is 1.56. The second kappa shape index (κ2) is 4.01. The van der Waals surface area contributed by atoms with Crippen molar-refractivity contribution >= 4 is 37.5 Å². The molecule has 5 nitrogen and oxygen atoms in total. The summed E-state index contributed by atoms with van der Waals surface area (Å²) in [5.74, 6) is 0.796. The number of aromatic amines is 1. The Morgan fingerprint density at radius 2 is 2.25 bits per heavy atom. The van der Waals surface area contributed by atoms with E-state index in [4.69, 9.17) is 4.74 Å². The number of methoxy groups -OCH3 is 1. The van der Waals surface area contributed by atoms with Crippen molar-refractivity contribution in [1.29, 1.82) is 0 Å². The van der Waals surface area contributed by atoms with Crippen molar-refractivity contribution < 1.29 is 9.14 Å². The molecule has 0 saturated heterocycles. The molecule has 6 heteroatoms. The van der Waals surface area contributed by atoms with Crippen molar-refractivity contribution in [1.82, 2.24) is 9.97 Å². The zero-order chi connectivity index (χ0) is 13.7. The van der Waals surface area contributed by atoms with Crippen LogP contribution in [0.5, 0.6) is 5.75 Å². The third-order valence-corrected chi connectivity index (χ3v) is 4.31. The first-order valence-electron chi connectivity index (χ1n) is 6.07. The van der Waals surface area contributed by atoms with Crippen LogP contribution in [0.2, 0.25) is 0 Å². The smallest absolute Gasteiger partial charge is 0.319 e. The standard InChI is InChI=1S/C14H9N3O2S/c1-19-8-4-5-10-11(7-8)20-14-16-13(18)9-3-2-6-15-12(9)17(10)14/h2-7H,1H3/p+1. The molecule has 0 unspecified atom stereocenters. The molecule has 0 radical (unpaired) electrons. The summed E-state index contributed by atoms with van der Waals surface area (Å²) in [6.07, 6.45) is 1.70. The van der Waals surface area contributed by atoms with E-state index in [2.05, 4.69) is 9.97 Å². The molecular weight excluding hydrogens is 274 g/mol. The Morgan fingerprint density at radius 3 is 3.10 bits per heavy atom. The van der Waals surface area contributed by atoms with Gasteiger partial charge in [-0.1, -0.05) is 11.3 Å². The number of nitrogens with one attached hydrogen (secondary N) is 1. The summed E-state index contributed by atoms with van der Waals surface area (Å²) < 4.78 is 8.25. The number of pyridine rings is 1. The van der Waals surface area contributed by atoms with Crippen LogP contribution in [0.1, 0.15) is 0 Å². The van der Waals surface area contributed by atoms with E-state index in [1.807, 2.05) is 22.6 Å². The Hall–Kier alpha value is -2.47. The lowest BCUT2D eigenvalue weighted by Gasteiger charge is -1.97. The van der Waals surface area contributed by atoms with Crippen LogP contribution >= 0.6 is 11.3 Å². The van der Waals surface area contributed by atoms with Gasteiger partial charge in [0.05, 0.1) is 11.8 Å². The quantitative estimate of drug-likeness (QED) is 0.543. The number of rotatable bonds is 1. The molecule has 3 aromatic heterocycles. The predicted octanol–water partition coefficient (Wildman–Crippen LogP) is 1.89. The van der Waals surface area contributed by atoms with E-state index in [0.29, 0.717) is 11.0 Å². The van der Waals surface area contributed by atoms with Crippen molar-refractivity contribution in [3.8, 4) is 5.75 Å². The molecule has 0 amide bonds. The molecule has 0 aliphatic rings. The SMILES string of the molecule is COc1ccc2c(c1)sc1[nH]c(=O)c3cccnc3[n+]12. The molecular formula is C14H10N3O2S+. The molecule has 1 aromatic carbocycles. The van der Waals surface area contributed by atoms with Crippen molar-refractivity contribution in [2.24, 2.45) is 0 Å². The predicted molar refractivity (Wildman–Crippen MR) is 77.5 cm³/mol. The third-order valence-electron chi connectivity index (χ3n) is 3.28. The van der Waals surface area contributed by atoms with Gasteiger partial charge in [0.1, 0.15) is 22.8 Å². The Labute approximate surface area is 117 Å². The molecule has 0 atom stereocenters. The maximum absolute atomic E-state index is 12.1. The number of benzene rings is 1. The fourth-order valence-electron chi connectivity index (χ4n) is 2.36. The molecule has 4 rings (SSSR count). The van der Waals surface area contributed by atoms with Crippen LogP contribution in [0, 0.1) is 0 Å². The van der Waals surface area contributed by atoms with Crippen LogP contribution in [-0.4, -0.2) is 17.1 Å². The topological polar surface area (TPSA) is 59.1 Å². The summed E-state index contributed by atoms with van der Waals surface area (Å²) in [5, 5.41) is 0.584. The Bertz CT molecular complexity index is 1020. The highest BCUT2D eigenvalue weighted by molar-refractivity contribution is 7.22. The lowest BCUT2D eigenvalue weighted by molar-refractivity contribution is -0.451. The third kappa shape index (κ3) is 1.45. The number of fused-ring (bicyclic) bond motifs is 5. The number of H-pyrrole nitrogens is 1. The molecule has 20 heavy (non-hydrogen) atoms. The normalized spacial score (nSPS) is 11.4. The van der Waals surface area contributed by atoms with E-state index in [-0.39, 0.29) is 5.56 Å². The van der Waals surface area contributed by atoms with Crippen LogP contribution in [0.25, 0.3) is 26.2 Å². The zero-order valence-electron chi connectivity index (χ0n) is 10.6. The minimum Gasteiger partial charge on any atom is -0.497 e. The minimum atomic E-state index is -0.119. The maximum Gasteiger partial charge on any atom is 0.319 e. The van der Waals surface area contributed by atoms with Gasteiger partial charge in [0.15, 0.2) is 0 Å². The molecule has 0 aliphatic heterocycles. The summed E-state index contributed by atoms with van der Waals surface area (Å²) in [6, 6.07) is 9.38. The molecule has 98 valence electrons. The van der Waals surface area contributed by atoms with Crippen molar-refractivity contribution in [3.63, 3.8) is 0 Å². The van der Waals surface area contributed by atoms with Gasteiger partial charge in [-0.3, -0.25) is 4.79 Å². The van der Waals surface area contributed by atoms with E-state index >= 15 is 0 Å². The molecule has 0 bridgehead atoms. The van der Waals surface area contributed by atoms with E-state index < -0.39 is 0 Å². The number of thiazole rings is 1. The van der Waals surface area contributed by atoms with E-state index in [1.165, 1.54) is 11.3 Å². The average molecular weight is 284 g/mol. The van der Waals surface area contributed by atoms with Crippen LogP contribution in [0.15, 0.2) is 41.3 Å². The van der Waals surface area contributed by atoms with Gasteiger partial charge < -0.3 is 4.74 Å². The van der Waals surface area contributed by atoms with E-state index in [1.54, 1.807) is 25.4 Å². The first-order valence-corrected chi connectivity index (χ1v) is 6.89. The number of ether oxygens (including phenoxy) is 1. The largest absolute Gasteiger partial charge is 0.497 e.